The summed E-state index contributed by atoms with van der Waals surface area (Å²) in [5.74, 6) is 0.00183. The van der Waals surface area contributed by atoms with Crippen LogP contribution in [-0.4, -0.2) is 52.9 Å². The first-order valence-corrected chi connectivity index (χ1v) is 8.88. The molecule has 1 fully saturated rings. The third-order valence-electron chi connectivity index (χ3n) is 3.85. The van der Waals surface area contributed by atoms with Crippen molar-refractivity contribution in [2.75, 3.05) is 26.2 Å². The topological polar surface area (TPSA) is 66.7 Å². The Morgan fingerprint density at radius 2 is 1.75 bits per heavy atom. The molecule has 0 spiro atoms. The van der Waals surface area contributed by atoms with Gasteiger partial charge in [-0.1, -0.05) is 16.8 Å². The highest BCUT2D eigenvalue weighted by Crippen LogP contribution is 2.20. The van der Waals surface area contributed by atoms with Crippen molar-refractivity contribution in [3.63, 3.8) is 0 Å². The van der Waals surface area contributed by atoms with Crippen LogP contribution in [0.1, 0.15) is 26.6 Å². The van der Waals surface area contributed by atoms with Gasteiger partial charge in [-0.2, -0.15) is 0 Å². The van der Waals surface area contributed by atoms with E-state index in [-0.39, 0.29) is 17.6 Å². The number of carbonyl (C=O) groups is 2. The van der Waals surface area contributed by atoms with Crippen molar-refractivity contribution in [2.45, 2.75) is 6.92 Å². The molecule has 0 aliphatic carbocycles. The van der Waals surface area contributed by atoms with Gasteiger partial charge >= 0.3 is 0 Å². The monoisotopic (exact) mass is 459 g/mol. The number of aryl methyl sites for hydroxylation is 1. The number of benzene rings is 1. The molecule has 0 unspecified atom stereocenters. The van der Waals surface area contributed by atoms with Gasteiger partial charge in [-0.3, -0.25) is 9.59 Å². The van der Waals surface area contributed by atoms with Crippen LogP contribution in [0.5, 0.6) is 0 Å². The highest BCUT2D eigenvalue weighted by atomic mass is 127. The average Bonchev–Trinajstić information content (AvgIpc) is 3.00. The van der Waals surface area contributed by atoms with E-state index in [1.807, 2.05) is 0 Å². The zero-order valence-corrected chi connectivity index (χ0v) is 15.9. The van der Waals surface area contributed by atoms with Gasteiger partial charge in [0.15, 0.2) is 0 Å². The number of aromatic nitrogens is 1. The molecule has 0 radical (unpaired) electrons. The average molecular weight is 460 g/mol. The summed E-state index contributed by atoms with van der Waals surface area (Å²) in [6, 6.07) is 6.83. The summed E-state index contributed by atoms with van der Waals surface area (Å²) in [6.07, 6.45) is 0. The van der Waals surface area contributed by atoms with E-state index >= 15 is 0 Å². The number of nitrogens with zero attached hydrogens (tertiary/aromatic N) is 3. The summed E-state index contributed by atoms with van der Waals surface area (Å²) in [7, 11) is 0. The lowest BCUT2D eigenvalue weighted by molar-refractivity contribution is 0.0512. The van der Waals surface area contributed by atoms with Crippen molar-refractivity contribution in [2.24, 2.45) is 0 Å². The highest BCUT2D eigenvalue weighted by Gasteiger charge is 2.27. The summed E-state index contributed by atoms with van der Waals surface area (Å²) < 4.78 is 5.83. The highest BCUT2D eigenvalue weighted by molar-refractivity contribution is 14.1. The Kier molecular flexibility index (Phi) is 5.09. The quantitative estimate of drug-likeness (QED) is 0.648. The van der Waals surface area contributed by atoms with Crippen LogP contribution in [0.15, 0.2) is 28.8 Å². The molecule has 2 amide bonds. The van der Waals surface area contributed by atoms with Crippen LogP contribution in [0.3, 0.4) is 0 Å². The molecule has 24 heavy (non-hydrogen) atoms. The fraction of sp³-hybridized carbons (Fsp3) is 0.312. The Morgan fingerprint density at radius 3 is 2.29 bits per heavy atom. The van der Waals surface area contributed by atoms with Gasteiger partial charge in [0.1, 0.15) is 0 Å². The molecule has 2 aromatic rings. The molecular weight excluding hydrogens is 445 g/mol. The predicted molar refractivity (Wildman–Crippen MR) is 97.2 cm³/mol. The first kappa shape index (κ1) is 17.2. The van der Waals surface area contributed by atoms with E-state index in [1.165, 1.54) is 0 Å². The maximum Gasteiger partial charge on any atom is 0.292 e. The molecule has 1 aromatic heterocycles. The van der Waals surface area contributed by atoms with Gasteiger partial charge in [0, 0.05) is 40.8 Å². The Balaban J connectivity index is 1.64. The molecule has 0 atom stereocenters. The summed E-state index contributed by atoms with van der Waals surface area (Å²) in [5, 5.41) is 4.34. The molecule has 3 rings (SSSR count). The summed E-state index contributed by atoms with van der Waals surface area (Å²) >= 11 is 8.04. The Morgan fingerprint density at radius 1 is 1.12 bits per heavy atom. The summed E-state index contributed by atoms with van der Waals surface area (Å²) in [6.45, 7) is 3.67. The van der Waals surface area contributed by atoms with E-state index in [2.05, 4.69) is 27.7 Å². The summed E-state index contributed by atoms with van der Waals surface area (Å²) in [5.41, 5.74) is 1.30. The zero-order chi connectivity index (χ0) is 17.3. The van der Waals surface area contributed by atoms with E-state index in [9.17, 15) is 9.59 Å². The SMILES string of the molecule is Cc1cc(C(=O)N2CCN(C(=O)c3ccc(Cl)cc3I)CC2)on1. The minimum Gasteiger partial charge on any atom is -0.351 e. The number of piperazine rings is 1. The van der Waals surface area contributed by atoms with Gasteiger partial charge < -0.3 is 14.3 Å². The molecule has 1 aliphatic heterocycles. The number of halogens is 2. The molecule has 6 nitrogen and oxygen atoms in total. The lowest BCUT2D eigenvalue weighted by Crippen LogP contribution is -2.50. The number of hydrogen-bond donors (Lipinski definition) is 0. The van der Waals surface area contributed by atoms with Gasteiger partial charge in [0.05, 0.1) is 11.3 Å². The fourth-order valence-corrected chi connectivity index (χ4v) is 3.67. The fourth-order valence-electron chi connectivity index (χ4n) is 2.57. The second-order valence-corrected chi connectivity index (χ2v) is 7.14. The minimum absolute atomic E-state index is 0.0429. The third kappa shape index (κ3) is 3.56. The van der Waals surface area contributed by atoms with E-state index in [0.29, 0.717) is 42.5 Å². The largest absolute Gasteiger partial charge is 0.351 e. The number of hydrogen-bond acceptors (Lipinski definition) is 4. The first-order chi connectivity index (χ1) is 11.5. The predicted octanol–water partition coefficient (Wildman–Crippen LogP) is 2.84. The third-order valence-corrected chi connectivity index (χ3v) is 4.98. The van der Waals surface area contributed by atoms with Crippen molar-refractivity contribution in [3.05, 3.63) is 49.9 Å². The zero-order valence-electron chi connectivity index (χ0n) is 13.0. The Hall–Kier alpha value is -1.61. The standard InChI is InChI=1S/C16H15ClIN3O3/c1-10-8-14(24-19-10)16(23)21-6-4-20(5-7-21)15(22)12-3-2-11(17)9-13(12)18/h2-3,8-9H,4-7H2,1H3. The van der Waals surface area contributed by atoms with Crippen LogP contribution >= 0.6 is 34.2 Å². The number of rotatable bonds is 2. The molecular formula is C16H15ClIN3O3. The summed E-state index contributed by atoms with van der Waals surface area (Å²) in [4.78, 5) is 28.4. The molecule has 0 bridgehead atoms. The second kappa shape index (κ2) is 7.10. The lowest BCUT2D eigenvalue weighted by atomic mass is 10.2. The van der Waals surface area contributed by atoms with Crippen LogP contribution in [0, 0.1) is 10.5 Å². The van der Waals surface area contributed by atoms with E-state index < -0.39 is 0 Å². The van der Waals surface area contributed by atoms with Gasteiger partial charge in [0.2, 0.25) is 5.76 Å². The van der Waals surface area contributed by atoms with E-state index in [1.54, 1.807) is 41.0 Å². The van der Waals surface area contributed by atoms with Gasteiger partial charge in [0.25, 0.3) is 11.8 Å². The molecule has 0 N–H and O–H groups in total. The van der Waals surface area contributed by atoms with Crippen LogP contribution in [-0.2, 0) is 0 Å². The van der Waals surface area contributed by atoms with Crippen LogP contribution in [0.2, 0.25) is 5.02 Å². The molecule has 8 heteroatoms. The molecule has 1 aromatic carbocycles. The van der Waals surface area contributed by atoms with Gasteiger partial charge in [-0.05, 0) is 47.7 Å². The van der Waals surface area contributed by atoms with Gasteiger partial charge in [-0.25, -0.2) is 0 Å². The van der Waals surface area contributed by atoms with Crippen molar-refractivity contribution >= 4 is 46.0 Å². The molecule has 126 valence electrons. The normalized spacial score (nSPS) is 14.8. The smallest absolute Gasteiger partial charge is 0.292 e. The second-order valence-electron chi connectivity index (χ2n) is 5.54. The maximum atomic E-state index is 12.6. The van der Waals surface area contributed by atoms with Crippen LogP contribution in [0.4, 0.5) is 0 Å². The minimum atomic E-state index is -0.191. The maximum absolute atomic E-state index is 12.6. The molecule has 2 heterocycles. The Bertz CT molecular complexity index is 785. The first-order valence-electron chi connectivity index (χ1n) is 7.42. The van der Waals surface area contributed by atoms with Crippen molar-refractivity contribution in [3.8, 4) is 0 Å². The van der Waals surface area contributed by atoms with Crippen molar-refractivity contribution < 1.29 is 14.1 Å². The van der Waals surface area contributed by atoms with Gasteiger partial charge in [-0.15, -0.1) is 0 Å². The molecule has 0 saturated carbocycles. The van der Waals surface area contributed by atoms with Crippen molar-refractivity contribution in [1.82, 2.24) is 15.0 Å². The van der Waals surface area contributed by atoms with E-state index in [4.69, 9.17) is 16.1 Å². The lowest BCUT2D eigenvalue weighted by Gasteiger charge is -2.34. The van der Waals surface area contributed by atoms with Crippen LogP contribution in [0.25, 0.3) is 0 Å². The number of amides is 2. The molecule has 1 aliphatic rings. The number of carbonyl (C=O) groups excluding carboxylic acids is 2. The van der Waals surface area contributed by atoms with Crippen LogP contribution < -0.4 is 0 Å². The van der Waals surface area contributed by atoms with Crippen molar-refractivity contribution in [1.29, 1.82) is 0 Å². The van der Waals surface area contributed by atoms with E-state index in [0.717, 1.165) is 3.57 Å². The molecule has 1 saturated heterocycles. The Labute approximate surface area is 157 Å².